The molecule has 0 saturated carbocycles. The van der Waals surface area contributed by atoms with E-state index in [1.807, 2.05) is 6.07 Å². The number of aromatic nitrogens is 2. The number of phenolic OH excluding ortho intramolecular Hbond substituents is 1. The van der Waals surface area contributed by atoms with Crippen LogP contribution in [0.1, 0.15) is 0 Å². The average molecular weight is 190 g/mol. The molecule has 0 bridgehead atoms. The van der Waals surface area contributed by atoms with Gasteiger partial charge >= 0.3 is 0 Å². The van der Waals surface area contributed by atoms with Crippen molar-refractivity contribution >= 4 is 0 Å². The first-order valence-electron chi connectivity index (χ1n) is 4.18. The van der Waals surface area contributed by atoms with Crippen molar-refractivity contribution in [3.63, 3.8) is 0 Å². The number of para-hydroxylation sites is 2. The Labute approximate surface area is 81.4 Å². The molecule has 72 valence electrons. The lowest BCUT2D eigenvalue weighted by atomic mass is 10.3. The number of aromatic hydroxyl groups is 1. The third kappa shape index (κ3) is 1.42. The molecule has 0 aliphatic carbocycles. The lowest BCUT2D eigenvalue weighted by Crippen LogP contribution is -1.93. The molecule has 4 heteroatoms. The van der Waals surface area contributed by atoms with E-state index in [1.54, 1.807) is 42.4 Å². The van der Waals surface area contributed by atoms with Crippen molar-refractivity contribution < 1.29 is 9.84 Å². The maximum atomic E-state index is 9.54. The summed E-state index contributed by atoms with van der Waals surface area (Å²) in [5.74, 6) is 0.853. The second kappa shape index (κ2) is 3.41. The summed E-state index contributed by atoms with van der Waals surface area (Å²) >= 11 is 0. The van der Waals surface area contributed by atoms with Crippen LogP contribution in [0.4, 0.5) is 0 Å². The molecule has 0 unspecified atom stereocenters. The van der Waals surface area contributed by atoms with Gasteiger partial charge in [0, 0.05) is 0 Å². The number of ether oxygens (including phenoxy) is 1. The van der Waals surface area contributed by atoms with Crippen LogP contribution >= 0.6 is 0 Å². The van der Waals surface area contributed by atoms with Crippen LogP contribution < -0.4 is 4.74 Å². The Morgan fingerprint density at radius 3 is 2.79 bits per heavy atom. The Morgan fingerprint density at radius 2 is 2.14 bits per heavy atom. The molecule has 0 aliphatic heterocycles. The third-order valence-corrected chi connectivity index (χ3v) is 1.92. The van der Waals surface area contributed by atoms with E-state index in [2.05, 4.69) is 5.10 Å². The number of nitrogens with zero attached hydrogens (tertiary/aromatic N) is 2. The monoisotopic (exact) mass is 190 g/mol. The summed E-state index contributed by atoms with van der Waals surface area (Å²) in [6, 6.07) is 6.99. The van der Waals surface area contributed by atoms with E-state index in [1.165, 1.54) is 0 Å². The molecule has 0 amide bonds. The molecule has 0 aliphatic rings. The molecule has 1 aromatic heterocycles. The van der Waals surface area contributed by atoms with Gasteiger partial charge < -0.3 is 9.84 Å². The van der Waals surface area contributed by atoms with Gasteiger partial charge in [0.15, 0.2) is 5.75 Å². The van der Waals surface area contributed by atoms with Gasteiger partial charge in [0.05, 0.1) is 19.5 Å². The minimum Gasteiger partial charge on any atom is -0.506 e. The fraction of sp³-hybridized carbons (Fsp3) is 0.100. The van der Waals surface area contributed by atoms with Crippen molar-refractivity contribution in [1.29, 1.82) is 0 Å². The highest BCUT2D eigenvalue weighted by molar-refractivity contribution is 5.45. The fourth-order valence-electron chi connectivity index (χ4n) is 1.20. The lowest BCUT2D eigenvalue weighted by Gasteiger charge is -2.02. The molecule has 0 saturated heterocycles. The second-order valence-electron chi connectivity index (χ2n) is 2.81. The Morgan fingerprint density at radius 1 is 1.36 bits per heavy atom. The van der Waals surface area contributed by atoms with Crippen molar-refractivity contribution in [3.8, 4) is 17.2 Å². The smallest absolute Gasteiger partial charge is 0.157 e. The Kier molecular flexibility index (Phi) is 2.10. The van der Waals surface area contributed by atoms with Gasteiger partial charge in [-0.25, -0.2) is 4.68 Å². The van der Waals surface area contributed by atoms with Crippen molar-refractivity contribution in [2.45, 2.75) is 0 Å². The van der Waals surface area contributed by atoms with Crippen LogP contribution in [0.3, 0.4) is 0 Å². The van der Waals surface area contributed by atoms with E-state index in [0.717, 1.165) is 0 Å². The number of hydrogen-bond donors (Lipinski definition) is 1. The third-order valence-electron chi connectivity index (χ3n) is 1.92. The molecule has 0 atom stereocenters. The second-order valence-corrected chi connectivity index (χ2v) is 2.81. The highest BCUT2D eigenvalue weighted by atomic mass is 16.5. The quantitative estimate of drug-likeness (QED) is 0.782. The predicted molar refractivity (Wildman–Crippen MR) is 51.8 cm³/mol. The number of benzene rings is 1. The fourth-order valence-corrected chi connectivity index (χ4v) is 1.20. The first-order valence-corrected chi connectivity index (χ1v) is 4.18. The summed E-state index contributed by atoms with van der Waals surface area (Å²) in [5, 5.41) is 13.6. The first-order chi connectivity index (χ1) is 6.81. The van der Waals surface area contributed by atoms with Crippen molar-refractivity contribution in [3.05, 3.63) is 36.7 Å². The normalized spacial score (nSPS) is 10.1. The molecule has 1 N–H and O–H groups in total. The van der Waals surface area contributed by atoms with Gasteiger partial charge in [-0.3, -0.25) is 0 Å². The summed E-state index contributed by atoms with van der Waals surface area (Å²) in [6.07, 6.45) is 3.29. The van der Waals surface area contributed by atoms with Gasteiger partial charge in [0.2, 0.25) is 0 Å². The lowest BCUT2D eigenvalue weighted by molar-refractivity contribution is 0.414. The average Bonchev–Trinajstić information content (AvgIpc) is 2.67. The minimum atomic E-state index is 0.193. The van der Waals surface area contributed by atoms with Gasteiger partial charge in [-0.1, -0.05) is 12.1 Å². The molecule has 2 rings (SSSR count). The first kappa shape index (κ1) is 8.62. The number of hydrogen-bond acceptors (Lipinski definition) is 3. The number of phenols is 1. The van der Waals surface area contributed by atoms with E-state index >= 15 is 0 Å². The van der Waals surface area contributed by atoms with Crippen LogP contribution in [0, 0.1) is 0 Å². The van der Waals surface area contributed by atoms with Gasteiger partial charge in [0.1, 0.15) is 11.4 Å². The zero-order valence-electron chi connectivity index (χ0n) is 7.71. The zero-order valence-corrected chi connectivity index (χ0v) is 7.71. The molecule has 0 spiro atoms. The maximum absolute atomic E-state index is 9.54. The maximum Gasteiger partial charge on any atom is 0.157 e. The molecule has 4 nitrogen and oxygen atoms in total. The van der Waals surface area contributed by atoms with Crippen LogP contribution in [0.5, 0.6) is 11.5 Å². The summed E-state index contributed by atoms with van der Waals surface area (Å²) < 4.78 is 6.55. The van der Waals surface area contributed by atoms with Crippen LogP contribution in [-0.4, -0.2) is 22.0 Å². The highest BCUT2D eigenvalue weighted by Gasteiger charge is 2.04. The van der Waals surface area contributed by atoms with Gasteiger partial charge in [-0.2, -0.15) is 5.10 Å². The van der Waals surface area contributed by atoms with E-state index in [4.69, 9.17) is 4.74 Å². The molecular formula is C10H10N2O2. The minimum absolute atomic E-state index is 0.193. The zero-order chi connectivity index (χ0) is 9.97. The Balaban J connectivity index is 2.44. The number of methoxy groups -OCH3 is 1. The van der Waals surface area contributed by atoms with Crippen LogP contribution in [-0.2, 0) is 0 Å². The summed E-state index contributed by atoms with van der Waals surface area (Å²) in [4.78, 5) is 0. The van der Waals surface area contributed by atoms with Crippen molar-refractivity contribution in [2.75, 3.05) is 7.11 Å². The molecule has 0 fully saturated rings. The largest absolute Gasteiger partial charge is 0.506 e. The van der Waals surface area contributed by atoms with Crippen LogP contribution in [0.25, 0.3) is 5.69 Å². The SMILES string of the molecule is COc1cnn(-c2ccccc2O)c1. The van der Waals surface area contributed by atoms with E-state index in [9.17, 15) is 5.11 Å². The van der Waals surface area contributed by atoms with E-state index in [0.29, 0.717) is 11.4 Å². The number of rotatable bonds is 2. The van der Waals surface area contributed by atoms with Crippen molar-refractivity contribution in [1.82, 2.24) is 9.78 Å². The molecular weight excluding hydrogens is 180 g/mol. The van der Waals surface area contributed by atoms with Crippen molar-refractivity contribution in [2.24, 2.45) is 0 Å². The molecule has 14 heavy (non-hydrogen) atoms. The van der Waals surface area contributed by atoms with Gasteiger partial charge in [-0.05, 0) is 12.1 Å². The molecule has 2 aromatic rings. The van der Waals surface area contributed by atoms with E-state index in [-0.39, 0.29) is 5.75 Å². The summed E-state index contributed by atoms with van der Waals surface area (Å²) in [6.45, 7) is 0. The molecule has 1 aromatic carbocycles. The van der Waals surface area contributed by atoms with Crippen LogP contribution in [0.15, 0.2) is 36.7 Å². The molecule has 0 radical (unpaired) electrons. The van der Waals surface area contributed by atoms with E-state index < -0.39 is 0 Å². The molecule has 1 heterocycles. The Bertz CT molecular complexity index is 437. The summed E-state index contributed by atoms with van der Waals surface area (Å²) in [7, 11) is 1.58. The van der Waals surface area contributed by atoms with Crippen LogP contribution in [0.2, 0.25) is 0 Å². The highest BCUT2D eigenvalue weighted by Crippen LogP contribution is 2.21. The predicted octanol–water partition coefficient (Wildman–Crippen LogP) is 1.59. The Hall–Kier alpha value is -1.97. The topological polar surface area (TPSA) is 47.3 Å². The van der Waals surface area contributed by atoms with Gasteiger partial charge in [0.25, 0.3) is 0 Å². The standard InChI is InChI=1S/C10H10N2O2/c1-14-8-6-11-12(7-8)9-4-2-3-5-10(9)13/h2-7,13H,1H3. The van der Waals surface area contributed by atoms with Gasteiger partial charge in [-0.15, -0.1) is 0 Å². The summed E-state index contributed by atoms with van der Waals surface area (Å²) in [5.41, 5.74) is 0.635.